The van der Waals surface area contributed by atoms with E-state index in [4.69, 9.17) is 4.74 Å². The smallest absolute Gasteiger partial charge is 0.125 e. The summed E-state index contributed by atoms with van der Waals surface area (Å²) in [6.45, 7) is 14.9. The molecule has 20 heavy (non-hydrogen) atoms. The number of benzene rings is 1. The molecule has 0 aromatic heterocycles. The summed E-state index contributed by atoms with van der Waals surface area (Å²) in [6, 6.07) is 8.69. The van der Waals surface area contributed by atoms with Crippen molar-refractivity contribution in [1.29, 1.82) is 0 Å². The van der Waals surface area contributed by atoms with Crippen molar-refractivity contribution in [2.24, 2.45) is 16.7 Å². The van der Waals surface area contributed by atoms with Crippen LogP contribution in [0.15, 0.2) is 24.3 Å². The van der Waals surface area contributed by atoms with Gasteiger partial charge in [-0.1, -0.05) is 45.9 Å². The van der Waals surface area contributed by atoms with Gasteiger partial charge in [-0.25, -0.2) is 0 Å². The summed E-state index contributed by atoms with van der Waals surface area (Å²) in [5.74, 6) is 1.77. The molecule has 0 bridgehead atoms. The summed E-state index contributed by atoms with van der Waals surface area (Å²) < 4.78 is 6.10. The second-order valence-electron chi connectivity index (χ2n) is 8.08. The van der Waals surface area contributed by atoms with Crippen molar-refractivity contribution >= 4 is 0 Å². The van der Waals surface area contributed by atoms with Crippen LogP contribution < -0.4 is 10.1 Å². The van der Waals surface area contributed by atoms with Crippen molar-refractivity contribution in [2.45, 2.75) is 53.2 Å². The van der Waals surface area contributed by atoms with Gasteiger partial charge in [0, 0.05) is 5.56 Å². The van der Waals surface area contributed by atoms with Gasteiger partial charge in [0.1, 0.15) is 11.4 Å². The zero-order valence-corrected chi connectivity index (χ0v) is 13.6. The van der Waals surface area contributed by atoms with Crippen molar-refractivity contribution in [3.63, 3.8) is 0 Å². The lowest BCUT2D eigenvalue weighted by atomic mass is 9.94. The Hall–Kier alpha value is -1.02. The van der Waals surface area contributed by atoms with E-state index in [1.54, 1.807) is 0 Å². The fourth-order valence-corrected chi connectivity index (χ4v) is 3.96. The van der Waals surface area contributed by atoms with Gasteiger partial charge in [0.15, 0.2) is 0 Å². The number of nitrogens with one attached hydrogen (secondary N) is 1. The van der Waals surface area contributed by atoms with Gasteiger partial charge in [0.25, 0.3) is 0 Å². The summed E-state index contributed by atoms with van der Waals surface area (Å²) in [5.41, 5.74) is 1.99. The van der Waals surface area contributed by atoms with Crippen LogP contribution in [0, 0.1) is 16.7 Å². The van der Waals surface area contributed by atoms with Crippen molar-refractivity contribution in [2.75, 3.05) is 6.54 Å². The number of para-hydroxylation sites is 1. The topological polar surface area (TPSA) is 21.3 Å². The highest BCUT2D eigenvalue weighted by Gasteiger charge is 2.64. The fourth-order valence-electron chi connectivity index (χ4n) is 3.96. The molecule has 2 aliphatic rings. The first-order valence-electron chi connectivity index (χ1n) is 7.69. The van der Waals surface area contributed by atoms with E-state index in [1.807, 2.05) is 6.07 Å². The number of hydrogen-bond acceptors (Lipinski definition) is 2. The number of hydrogen-bond donors (Lipinski definition) is 1. The van der Waals surface area contributed by atoms with Crippen molar-refractivity contribution in [3.05, 3.63) is 29.8 Å². The Balaban J connectivity index is 1.75. The quantitative estimate of drug-likeness (QED) is 0.892. The molecule has 1 saturated carbocycles. The average Bonchev–Trinajstić information content (AvgIpc) is 2.61. The first-order chi connectivity index (χ1) is 9.18. The molecule has 1 atom stereocenters. The monoisotopic (exact) mass is 273 g/mol. The molecule has 0 saturated heterocycles. The van der Waals surface area contributed by atoms with Gasteiger partial charge in [-0.3, -0.25) is 0 Å². The molecule has 3 rings (SSSR count). The lowest BCUT2D eigenvalue weighted by Crippen LogP contribution is -2.40. The molecular weight excluding hydrogens is 246 g/mol. The first kappa shape index (κ1) is 13.9. The van der Waals surface area contributed by atoms with Gasteiger partial charge in [-0.15, -0.1) is 0 Å². The van der Waals surface area contributed by atoms with Gasteiger partial charge in [0.2, 0.25) is 0 Å². The molecule has 0 radical (unpaired) electrons. The molecule has 1 aromatic carbocycles. The third kappa shape index (κ3) is 1.81. The Labute approximate surface area is 122 Å². The molecule has 1 aromatic rings. The minimum Gasteiger partial charge on any atom is -0.486 e. The SMILES string of the molecule is CC1(C)Oc2ccccc2C1NCC1C(C)(C)C1(C)C. The largest absolute Gasteiger partial charge is 0.486 e. The molecule has 110 valence electrons. The van der Waals surface area contributed by atoms with E-state index in [0.717, 1.165) is 18.2 Å². The second kappa shape index (κ2) is 4.00. The predicted molar refractivity (Wildman–Crippen MR) is 82.9 cm³/mol. The summed E-state index contributed by atoms with van der Waals surface area (Å²) in [4.78, 5) is 0. The van der Waals surface area contributed by atoms with Crippen LogP contribution in [0.25, 0.3) is 0 Å². The van der Waals surface area contributed by atoms with Crippen molar-refractivity contribution < 1.29 is 4.74 Å². The van der Waals surface area contributed by atoms with Crippen LogP contribution in [0.5, 0.6) is 5.75 Å². The number of rotatable bonds is 3. The van der Waals surface area contributed by atoms with Gasteiger partial charge in [-0.2, -0.15) is 0 Å². The molecule has 1 N–H and O–H groups in total. The van der Waals surface area contributed by atoms with Crippen LogP contribution >= 0.6 is 0 Å². The molecule has 0 spiro atoms. The maximum Gasteiger partial charge on any atom is 0.125 e. The Morgan fingerprint density at radius 2 is 1.60 bits per heavy atom. The Bertz CT molecular complexity index is 516. The fraction of sp³-hybridized carbons (Fsp3) is 0.667. The lowest BCUT2D eigenvalue weighted by Gasteiger charge is -2.27. The Kier molecular flexibility index (Phi) is 2.79. The van der Waals surface area contributed by atoms with Crippen molar-refractivity contribution in [1.82, 2.24) is 5.32 Å². The highest BCUT2D eigenvalue weighted by atomic mass is 16.5. The molecule has 1 aliphatic heterocycles. The van der Waals surface area contributed by atoms with Crippen LogP contribution in [-0.4, -0.2) is 12.1 Å². The Morgan fingerprint density at radius 3 is 2.20 bits per heavy atom. The lowest BCUT2D eigenvalue weighted by molar-refractivity contribution is 0.0953. The summed E-state index contributed by atoms with van der Waals surface area (Å²) >= 11 is 0. The highest BCUT2D eigenvalue weighted by Crippen LogP contribution is 2.68. The van der Waals surface area contributed by atoms with E-state index in [-0.39, 0.29) is 11.6 Å². The standard InChI is InChI=1S/C18H27NO/c1-16(2)14(17(16,3)4)11-19-15-12-9-7-8-10-13(12)20-18(15,5)6/h7-10,14-15,19H,11H2,1-6H3. The second-order valence-corrected chi connectivity index (χ2v) is 8.08. The van der Waals surface area contributed by atoms with E-state index < -0.39 is 0 Å². The van der Waals surface area contributed by atoms with Crippen molar-refractivity contribution in [3.8, 4) is 5.75 Å². The van der Waals surface area contributed by atoms with Gasteiger partial charge < -0.3 is 10.1 Å². The molecule has 2 heteroatoms. The van der Waals surface area contributed by atoms with E-state index in [2.05, 4.69) is 65.1 Å². The van der Waals surface area contributed by atoms with Crippen LogP contribution in [0.2, 0.25) is 0 Å². The molecule has 2 nitrogen and oxygen atoms in total. The third-order valence-electron chi connectivity index (χ3n) is 6.14. The minimum atomic E-state index is -0.174. The molecule has 1 fully saturated rings. The molecule has 1 heterocycles. The highest BCUT2D eigenvalue weighted by molar-refractivity contribution is 5.42. The molecule has 0 amide bonds. The molecule has 1 unspecified atom stereocenters. The normalized spacial score (nSPS) is 28.8. The van der Waals surface area contributed by atoms with E-state index in [9.17, 15) is 0 Å². The van der Waals surface area contributed by atoms with Crippen LogP contribution in [0.4, 0.5) is 0 Å². The van der Waals surface area contributed by atoms with Gasteiger partial charge >= 0.3 is 0 Å². The van der Waals surface area contributed by atoms with E-state index >= 15 is 0 Å². The maximum absolute atomic E-state index is 6.10. The third-order valence-corrected chi connectivity index (χ3v) is 6.14. The minimum absolute atomic E-state index is 0.174. The first-order valence-corrected chi connectivity index (χ1v) is 7.69. The predicted octanol–water partition coefficient (Wildman–Crippen LogP) is 4.17. The summed E-state index contributed by atoms with van der Waals surface area (Å²) in [7, 11) is 0. The summed E-state index contributed by atoms with van der Waals surface area (Å²) in [5, 5.41) is 3.78. The Morgan fingerprint density at radius 1 is 1.00 bits per heavy atom. The van der Waals surface area contributed by atoms with Gasteiger partial charge in [0.05, 0.1) is 6.04 Å². The number of fused-ring (bicyclic) bond motifs is 1. The van der Waals surface area contributed by atoms with Crippen LogP contribution in [0.1, 0.15) is 53.1 Å². The van der Waals surface area contributed by atoms with Crippen LogP contribution in [0.3, 0.4) is 0 Å². The van der Waals surface area contributed by atoms with Crippen LogP contribution in [-0.2, 0) is 0 Å². The number of ether oxygens (including phenoxy) is 1. The van der Waals surface area contributed by atoms with E-state index in [0.29, 0.717) is 10.8 Å². The molecule has 1 aliphatic carbocycles. The zero-order valence-electron chi connectivity index (χ0n) is 13.6. The molecular formula is C18H27NO. The zero-order chi connectivity index (χ0) is 14.8. The van der Waals surface area contributed by atoms with E-state index in [1.165, 1.54) is 5.56 Å². The van der Waals surface area contributed by atoms with Gasteiger partial charge in [-0.05, 0) is 43.2 Å². The maximum atomic E-state index is 6.10. The summed E-state index contributed by atoms with van der Waals surface area (Å²) in [6.07, 6.45) is 0. The average molecular weight is 273 g/mol.